The molecule has 0 heterocycles. The molecular weight excluding hydrogens is 379 g/mol. The molecule has 0 radical (unpaired) electrons. The summed E-state index contributed by atoms with van der Waals surface area (Å²) in [6.07, 6.45) is -3.88. The van der Waals surface area contributed by atoms with E-state index in [0.717, 1.165) is 0 Å². The Morgan fingerprint density at radius 2 is 1.20 bits per heavy atom. The Labute approximate surface area is 133 Å². The molecule has 0 aliphatic rings. The van der Waals surface area contributed by atoms with Crippen LogP contribution in [0, 0.1) is 0 Å². The minimum absolute atomic E-state index is 0.0945. The Hall–Kier alpha value is -2.21. The third kappa shape index (κ3) is 4.07. The van der Waals surface area contributed by atoms with Crippen LogP contribution in [-0.4, -0.2) is 48.6 Å². The first-order valence-corrected chi connectivity index (χ1v) is 5.85. The van der Waals surface area contributed by atoms with Gasteiger partial charge in [-0.25, -0.2) is 14.0 Å². The number of esters is 2. The van der Waals surface area contributed by atoms with Crippen LogP contribution >= 0.6 is 0 Å². The Bertz CT molecular complexity index is 523. The normalized spacial score (nSPS) is 13.4. The molecule has 0 bridgehead atoms. The van der Waals surface area contributed by atoms with Crippen LogP contribution in [0.5, 0.6) is 0 Å². The van der Waals surface area contributed by atoms with Gasteiger partial charge in [-0.2, -0.15) is 35.1 Å². The summed E-state index contributed by atoms with van der Waals surface area (Å²) in [4.78, 5) is 21.7. The van der Waals surface area contributed by atoms with Gasteiger partial charge in [-0.1, -0.05) is 13.2 Å². The Morgan fingerprint density at radius 1 is 0.840 bits per heavy atom. The van der Waals surface area contributed by atoms with Crippen molar-refractivity contribution in [3.63, 3.8) is 0 Å². The van der Waals surface area contributed by atoms with Crippen molar-refractivity contribution in [1.29, 1.82) is 0 Å². The Morgan fingerprint density at radius 3 is 1.48 bits per heavy atom. The van der Waals surface area contributed by atoms with Gasteiger partial charge in [-0.15, -0.1) is 0 Å². The van der Waals surface area contributed by atoms with Crippen LogP contribution in [0.4, 0.5) is 39.5 Å². The van der Waals surface area contributed by atoms with Gasteiger partial charge in [0.2, 0.25) is 0 Å². The fourth-order valence-corrected chi connectivity index (χ4v) is 1.15. The molecule has 0 saturated heterocycles. The molecule has 0 aliphatic carbocycles. The lowest BCUT2D eigenvalue weighted by atomic mass is 9.98. The van der Waals surface area contributed by atoms with Crippen molar-refractivity contribution in [2.24, 2.45) is 0 Å². The van der Waals surface area contributed by atoms with E-state index in [9.17, 15) is 49.1 Å². The molecule has 0 aromatic rings. The van der Waals surface area contributed by atoms with Crippen molar-refractivity contribution in [2.45, 2.75) is 30.0 Å². The lowest BCUT2D eigenvalue weighted by Gasteiger charge is -2.37. The number of ether oxygens (including phenoxy) is 2. The predicted octanol–water partition coefficient (Wildman–Crippen LogP) is 3.28. The largest absolute Gasteiger partial charge is 0.415 e. The number of hydrogen-bond acceptors (Lipinski definition) is 4. The molecule has 4 nitrogen and oxygen atoms in total. The zero-order valence-electron chi connectivity index (χ0n) is 11.9. The van der Waals surface area contributed by atoms with E-state index in [1.165, 1.54) is 0 Å². The van der Waals surface area contributed by atoms with E-state index < -0.39 is 48.6 Å². The van der Waals surface area contributed by atoms with Crippen LogP contribution < -0.4 is 0 Å². The van der Waals surface area contributed by atoms with Gasteiger partial charge in [0.15, 0.2) is 6.67 Å². The van der Waals surface area contributed by atoms with E-state index in [1.54, 1.807) is 0 Å². The fourth-order valence-electron chi connectivity index (χ4n) is 1.15. The van der Waals surface area contributed by atoms with Gasteiger partial charge in [0, 0.05) is 12.2 Å². The van der Waals surface area contributed by atoms with Crippen LogP contribution in [0.25, 0.3) is 0 Å². The summed E-state index contributed by atoms with van der Waals surface area (Å²) in [5, 5.41) is 0. The van der Waals surface area contributed by atoms with Crippen LogP contribution in [0.2, 0.25) is 0 Å². The van der Waals surface area contributed by atoms with Gasteiger partial charge in [0.25, 0.3) is 0 Å². The van der Waals surface area contributed by atoms with Gasteiger partial charge in [0.05, 0.1) is 0 Å². The van der Waals surface area contributed by atoms with Gasteiger partial charge in [-0.05, 0) is 0 Å². The molecule has 144 valence electrons. The minimum atomic E-state index is -7.01. The van der Waals surface area contributed by atoms with Crippen LogP contribution in [0.3, 0.4) is 0 Å². The lowest BCUT2D eigenvalue weighted by Crippen LogP contribution is -2.66. The molecule has 0 fully saturated rings. The SMILES string of the molecule is C=CC(=O)OC(OC(=O)C=C)C(F)(F)C(F)(F)C(F)(F)C(F)(F)CF. The lowest BCUT2D eigenvalue weighted by molar-refractivity contribution is -0.397. The summed E-state index contributed by atoms with van der Waals surface area (Å²) in [7, 11) is 0. The van der Waals surface area contributed by atoms with E-state index in [4.69, 9.17) is 0 Å². The summed E-state index contributed by atoms with van der Waals surface area (Å²) in [6, 6.07) is 0. The highest BCUT2D eigenvalue weighted by molar-refractivity contribution is 5.83. The Balaban J connectivity index is 6.11. The summed E-state index contributed by atoms with van der Waals surface area (Å²) in [6.45, 7) is 1.94. The molecule has 0 N–H and O–H groups in total. The van der Waals surface area contributed by atoms with Crippen molar-refractivity contribution in [3.05, 3.63) is 25.3 Å². The molecule has 0 rings (SSSR count). The van der Waals surface area contributed by atoms with Crippen molar-refractivity contribution >= 4 is 11.9 Å². The number of halogens is 9. The first-order valence-electron chi connectivity index (χ1n) is 5.85. The maximum absolute atomic E-state index is 13.7. The molecule has 0 aliphatic heterocycles. The van der Waals surface area contributed by atoms with Crippen LogP contribution in [-0.2, 0) is 19.1 Å². The molecule has 0 unspecified atom stereocenters. The quantitative estimate of drug-likeness (QED) is 0.263. The predicted molar refractivity (Wildman–Crippen MR) is 62.1 cm³/mol. The maximum atomic E-state index is 13.7. The van der Waals surface area contributed by atoms with E-state index in [-0.39, 0.29) is 12.2 Å². The second-order valence-corrected chi connectivity index (χ2v) is 4.22. The highest BCUT2D eigenvalue weighted by atomic mass is 19.4. The number of hydrogen-bond donors (Lipinski definition) is 0. The smallest absolute Gasteiger partial charge is 0.388 e. The third-order valence-electron chi connectivity index (χ3n) is 2.52. The topological polar surface area (TPSA) is 52.6 Å². The zero-order valence-corrected chi connectivity index (χ0v) is 11.9. The summed E-state index contributed by atoms with van der Waals surface area (Å²) < 4.78 is 125. The van der Waals surface area contributed by atoms with Crippen molar-refractivity contribution in [1.82, 2.24) is 0 Å². The third-order valence-corrected chi connectivity index (χ3v) is 2.52. The number of carbonyl (C=O) groups excluding carboxylic acids is 2. The summed E-state index contributed by atoms with van der Waals surface area (Å²) in [5.41, 5.74) is 0. The van der Waals surface area contributed by atoms with Crippen molar-refractivity contribution in [3.8, 4) is 0 Å². The first-order chi connectivity index (χ1) is 11.1. The monoisotopic (exact) mass is 388 g/mol. The van der Waals surface area contributed by atoms with E-state index >= 15 is 0 Å². The van der Waals surface area contributed by atoms with Gasteiger partial charge in [-0.3, -0.25) is 0 Å². The number of rotatable bonds is 9. The Kier molecular flexibility index (Phi) is 6.70. The van der Waals surface area contributed by atoms with Gasteiger partial charge in [0.1, 0.15) is 0 Å². The van der Waals surface area contributed by atoms with E-state index in [1.807, 2.05) is 0 Å². The fraction of sp³-hybridized carbons (Fsp3) is 0.500. The molecule has 0 saturated carbocycles. The molecule has 13 heteroatoms. The summed E-state index contributed by atoms with van der Waals surface area (Å²) in [5.74, 6) is -30.5. The van der Waals surface area contributed by atoms with Crippen molar-refractivity contribution in [2.75, 3.05) is 6.67 Å². The van der Waals surface area contributed by atoms with E-state index in [2.05, 4.69) is 22.6 Å². The van der Waals surface area contributed by atoms with Crippen molar-refractivity contribution < 1.29 is 58.6 Å². The summed E-state index contributed by atoms with van der Waals surface area (Å²) >= 11 is 0. The zero-order chi connectivity index (χ0) is 20.3. The molecular formula is C12H9F9O4. The van der Waals surface area contributed by atoms with Gasteiger partial charge >= 0.3 is 41.9 Å². The minimum Gasteiger partial charge on any atom is -0.415 e. The molecule has 0 atom stereocenters. The molecule has 0 amide bonds. The molecule has 0 spiro atoms. The average molecular weight is 388 g/mol. The number of carbonyl (C=O) groups is 2. The molecule has 25 heavy (non-hydrogen) atoms. The molecule has 0 aromatic heterocycles. The standard InChI is InChI=1S/C12H9F9O4/c1-3-6(22)24-8(25-7(23)4-2)10(16,17)12(20,21)11(18,19)9(14,15)5-13/h3-4,8H,1-2,5H2. The van der Waals surface area contributed by atoms with Crippen LogP contribution in [0.1, 0.15) is 0 Å². The number of alkyl halides is 9. The molecule has 0 aromatic carbocycles. The van der Waals surface area contributed by atoms with Gasteiger partial charge < -0.3 is 9.47 Å². The maximum Gasteiger partial charge on any atom is 0.388 e. The second kappa shape index (κ2) is 7.35. The van der Waals surface area contributed by atoms with E-state index in [0.29, 0.717) is 0 Å². The highest BCUT2D eigenvalue weighted by Crippen LogP contribution is 2.54. The highest BCUT2D eigenvalue weighted by Gasteiger charge is 2.83. The average Bonchev–Trinajstić information content (AvgIpc) is 2.52. The second-order valence-electron chi connectivity index (χ2n) is 4.22. The van der Waals surface area contributed by atoms with Crippen LogP contribution in [0.15, 0.2) is 25.3 Å². The first kappa shape index (κ1) is 22.8.